The monoisotopic (exact) mass is 466 g/mol. The van der Waals surface area contributed by atoms with Crippen molar-refractivity contribution in [3.8, 4) is 11.4 Å². The van der Waals surface area contributed by atoms with E-state index in [1.54, 1.807) is 23.5 Å². The molecule has 4 aromatic rings. The van der Waals surface area contributed by atoms with Gasteiger partial charge in [0.25, 0.3) is 0 Å². The molecule has 5 nitrogen and oxygen atoms in total. The largest absolute Gasteiger partial charge is 0.344 e. The Kier molecular flexibility index (Phi) is 7.02. The van der Waals surface area contributed by atoms with Crippen LogP contribution in [0.15, 0.2) is 71.2 Å². The number of benzene rings is 2. The summed E-state index contributed by atoms with van der Waals surface area (Å²) in [5.74, 6) is 0.570. The quantitative estimate of drug-likeness (QED) is 0.350. The molecule has 1 atom stereocenters. The summed E-state index contributed by atoms with van der Waals surface area (Å²) in [4.78, 5) is 13.8. The van der Waals surface area contributed by atoms with E-state index in [-0.39, 0.29) is 23.5 Å². The first kappa shape index (κ1) is 22.2. The van der Waals surface area contributed by atoms with Crippen LogP contribution in [0.5, 0.6) is 0 Å². The lowest BCUT2D eigenvalue weighted by molar-refractivity contribution is -0.119. The number of thiophene rings is 1. The molecular weight excluding hydrogens is 443 g/mol. The summed E-state index contributed by atoms with van der Waals surface area (Å²) < 4.78 is 15.4. The summed E-state index contributed by atoms with van der Waals surface area (Å²) in [6.45, 7) is 4.78. The van der Waals surface area contributed by atoms with Gasteiger partial charge in [-0.3, -0.25) is 4.79 Å². The fourth-order valence-corrected chi connectivity index (χ4v) is 5.06. The lowest BCUT2D eigenvalue weighted by Gasteiger charge is -2.18. The van der Waals surface area contributed by atoms with Gasteiger partial charge in [-0.15, -0.1) is 21.5 Å². The van der Waals surface area contributed by atoms with Crippen LogP contribution in [0.4, 0.5) is 4.39 Å². The van der Waals surface area contributed by atoms with Gasteiger partial charge in [-0.25, -0.2) is 4.39 Å². The van der Waals surface area contributed by atoms with Crippen molar-refractivity contribution >= 4 is 29.0 Å². The van der Waals surface area contributed by atoms with Crippen molar-refractivity contribution in [1.29, 1.82) is 0 Å². The molecule has 0 spiro atoms. The number of aromatic nitrogens is 3. The Labute approximate surface area is 194 Å². The molecule has 8 heteroatoms. The highest BCUT2D eigenvalue weighted by Gasteiger charge is 2.20. The van der Waals surface area contributed by atoms with Crippen LogP contribution in [0, 0.1) is 12.7 Å². The predicted octanol–water partition coefficient (Wildman–Crippen LogP) is 5.47. The summed E-state index contributed by atoms with van der Waals surface area (Å²) >= 11 is 2.91. The topological polar surface area (TPSA) is 59.8 Å². The van der Waals surface area contributed by atoms with E-state index in [0.29, 0.717) is 11.7 Å². The Morgan fingerprint density at radius 1 is 1.16 bits per heavy atom. The number of hydrogen-bond donors (Lipinski definition) is 1. The number of halogens is 1. The standard InChI is InChI=1S/C24H23FN4OS2/c1-3-29-23(18-7-4-6-16(2)14-18)27-28-24(29)32-15-21(30)26-22(20-8-5-13-31-20)17-9-11-19(25)12-10-17/h4-14,22H,3,15H2,1-2H3,(H,26,30). The van der Waals surface area contributed by atoms with Crippen LogP contribution in [0.1, 0.15) is 29.0 Å². The Bertz CT molecular complexity index is 1190. The molecule has 0 fully saturated rings. The van der Waals surface area contributed by atoms with Crippen LogP contribution >= 0.6 is 23.1 Å². The highest BCUT2D eigenvalue weighted by Crippen LogP contribution is 2.28. The van der Waals surface area contributed by atoms with Crippen LogP contribution in [0.3, 0.4) is 0 Å². The number of nitrogens with one attached hydrogen (secondary N) is 1. The number of aryl methyl sites for hydroxylation is 1. The zero-order chi connectivity index (χ0) is 22.5. The molecule has 32 heavy (non-hydrogen) atoms. The average molecular weight is 467 g/mol. The van der Waals surface area contributed by atoms with Gasteiger partial charge in [0.1, 0.15) is 5.82 Å². The van der Waals surface area contributed by atoms with Crippen molar-refractivity contribution in [1.82, 2.24) is 20.1 Å². The molecule has 2 aromatic carbocycles. The summed E-state index contributed by atoms with van der Waals surface area (Å²) in [7, 11) is 0. The zero-order valence-corrected chi connectivity index (χ0v) is 19.4. The minimum absolute atomic E-state index is 0.125. The first-order chi connectivity index (χ1) is 15.5. The second kappa shape index (κ2) is 10.1. The lowest BCUT2D eigenvalue weighted by Crippen LogP contribution is -2.30. The fraction of sp³-hybridized carbons (Fsp3) is 0.208. The van der Waals surface area contributed by atoms with Gasteiger partial charge >= 0.3 is 0 Å². The van der Waals surface area contributed by atoms with Crippen molar-refractivity contribution in [2.45, 2.75) is 31.6 Å². The molecule has 0 aliphatic rings. The highest BCUT2D eigenvalue weighted by molar-refractivity contribution is 7.99. The molecule has 1 N–H and O–H groups in total. The molecule has 0 bridgehead atoms. The van der Waals surface area contributed by atoms with E-state index >= 15 is 0 Å². The van der Waals surface area contributed by atoms with E-state index in [1.165, 1.54) is 23.9 Å². The number of carbonyl (C=O) groups excluding carboxylic acids is 1. The van der Waals surface area contributed by atoms with E-state index in [2.05, 4.69) is 21.6 Å². The number of hydrogen-bond acceptors (Lipinski definition) is 5. The average Bonchev–Trinajstić information content (AvgIpc) is 3.46. The Morgan fingerprint density at radius 2 is 1.97 bits per heavy atom. The third-order valence-corrected chi connectivity index (χ3v) is 6.88. The first-order valence-electron chi connectivity index (χ1n) is 10.3. The zero-order valence-electron chi connectivity index (χ0n) is 17.8. The minimum atomic E-state index is -0.324. The van der Waals surface area contributed by atoms with Gasteiger partial charge in [0, 0.05) is 17.0 Å². The molecule has 0 saturated heterocycles. The normalized spacial score (nSPS) is 12.0. The van der Waals surface area contributed by atoms with Crippen LogP contribution < -0.4 is 5.32 Å². The highest BCUT2D eigenvalue weighted by atomic mass is 32.2. The molecule has 0 radical (unpaired) electrons. The maximum absolute atomic E-state index is 13.4. The summed E-state index contributed by atoms with van der Waals surface area (Å²) in [5.41, 5.74) is 3.00. The molecule has 1 amide bonds. The number of amides is 1. The Balaban J connectivity index is 1.48. The fourth-order valence-electron chi connectivity index (χ4n) is 3.44. The smallest absolute Gasteiger partial charge is 0.231 e. The van der Waals surface area contributed by atoms with Crippen LogP contribution in [0.2, 0.25) is 0 Å². The maximum Gasteiger partial charge on any atom is 0.231 e. The van der Waals surface area contributed by atoms with E-state index in [4.69, 9.17) is 0 Å². The van der Waals surface area contributed by atoms with E-state index in [0.717, 1.165) is 27.4 Å². The predicted molar refractivity (Wildman–Crippen MR) is 127 cm³/mol. The number of thioether (sulfide) groups is 1. The van der Waals surface area contributed by atoms with Gasteiger partial charge in [0.05, 0.1) is 11.8 Å². The first-order valence-corrected chi connectivity index (χ1v) is 12.1. The third kappa shape index (κ3) is 5.08. The summed E-state index contributed by atoms with van der Waals surface area (Å²) in [5, 5.41) is 14.4. The van der Waals surface area contributed by atoms with Gasteiger partial charge in [-0.2, -0.15) is 0 Å². The second-order valence-corrected chi connectivity index (χ2v) is 9.20. The maximum atomic E-state index is 13.4. The van der Waals surface area contributed by atoms with Gasteiger partial charge in [-0.1, -0.05) is 53.7 Å². The molecular formula is C24H23FN4OS2. The van der Waals surface area contributed by atoms with Crippen LogP contribution in [-0.4, -0.2) is 26.4 Å². The van der Waals surface area contributed by atoms with Gasteiger partial charge in [0.2, 0.25) is 5.91 Å². The van der Waals surface area contributed by atoms with Crippen molar-refractivity contribution in [3.05, 3.63) is 87.9 Å². The van der Waals surface area contributed by atoms with Crippen molar-refractivity contribution in [2.75, 3.05) is 5.75 Å². The number of nitrogens with zero attached hydrogens (tertiary/aromatic N) is 3. The summed E-state index contributed by atoms with van der Waals surface area (Å²) in [6.07, 6.45) is 0. The van der Waals surface area contributed by atoms with E-state index in [1.807, 2.05) is 54.1 Å². The van der Waals surface area contributed by atoms with E-state index in [9.17, 15) is 9.18 Å². The third-order valence-electron chi connectivity index (χ3n) is 4.98. The molecule has 1 unspecified atom stereocenters. The molecule has 0 aliphatic carbocycles. The molecule has 2 aromatic heterocycles. The molecule has 2 heterocycles. The minimum Gasteiger partial charge on any atom is -0.344 e. The van der Waals surface area contributed by atoms with Crippen LogP contribution in [0.25, 0.3) is 11.4 Å². The van der Waals surface area contributed by atoms with Crippen molar-refractivity contribution in [3.63, 3.8) is 0 Å². The van der Waals surface area contributed by atoms with Crippen molar-refractivity contribution in [2.24, 2.45) is 0 Å². The Morgan fingerprint density at radius 3 is 2.66 bits per heavy atom. The SMILES string of the molecule is CCn1c(SCC(=O)NC(c2ccc(F)cc2)c2cccs2)nnc1-c1cccc(C)c1. The van der Waals surface area contributed by atoms with E-state index < -0.39 is 0 Å². The lowest BCUT2D eigenvalue weighted by atomic mass is 10.1. The number of carbonyl (C=O) groups is 1. The summed E-state index contributed by atoms with van der Waals surface area (Å²) in [6, 6.07) is 17.9. The van der Waals surface area contributed by atoms with Gasteiger partial charge < -0.3 is 9.88 Å². The van der Waals surface area contributed by atoms with Gasteiger partial charge in [0.15, 0.2) is 11.0 Å². The molecule has 164 valence electrons. The number of rotatable bonds is 8. The van der Waals surface area contributed by atoms with Gasteiger partial charge in [-0.05, 0) is 49.1 Å². The van der Waals surface area contributed by atoms with Crippen molar-refractivity contribution < 1.29 is 9.18 Å². The second-order valence-electron chi connectivity index (χ2n) is 7.28. The molecule has 0 saturated carbocycles. The van der Waals surface area contributed by atoms with Crippen LogP contribution in [-0.2, 0) is 11.3 Å². The molecule has 0 aliphatic heterocycles. The molecule has 4 rings (SSSR count). The Hall–Kier alpha value is -2.97.